The zero-order chi connectivity index (χ0) is 14.8. The van der Waals surface area contributed by atoms with Crippen molar-refractivity contribution < 1.29 is 22.6 Å². The van der Waals surface area contributed by atoms with Gasteiger partial charge in [0.05, 0.1) is 12.2 Å². The summed E-state index contributed by atoms with van der Waals surface area (Å²) in [4.78, 5) is 2.23. The fraction of sp³-hybridized carbons (Fsp3) is 1.00. The van der Waals surface area contributed by atoms with E-state index in [9.17, 15) is 13.2 Å². The third-order valence-corrected chi connectivity index (χ3v) is 4.26. The van der Waals surface area contributed by atoms with Gasteiger partial charge >= 0.3 is 6.18 Å². The molecule has 0 aliphatic carbocycles. The van der Waals surface area contributed by atoms with Gasteiger partial charge in [-0.05, 0) is 33.2 Å². The quantitative estimate of drug-likeness (QED) is 0.744. The highest BCUT2D eigenvalue weighted by Crippen LogP contribution is 2.35. The molecule has 0 N–H and O–H groups in total. The molecule has 2 fully saturated rings. The average Bonchev–Trinajstić information content (AvgIpc) is 2.64. The lowest BCUT2D eigenvalue weighted by Crippen LogP contribution is -2.58. The van der Waals surface area contributed by atoms with Crippen LogP contribution >= 0.6 is 0 Å². The molecule has 118 valence electrons. The molecule has 3 atom stereocenters. The second kappa shape index (κ2) is 6.20. The number of alkyl halides is 3. The minimum absolute atomic E-state index is 0.0583. The first-order chi connectivity index (χ1) is 9.31. The van der Waals surface area contributed by atoms with E-state index in [4.69, 9.17) is 9.47 Å². The Morgan fingerprint density at radius 3 is 2.60 bits per heavy atom. The number of hydrogen-bond acceptors (Lipinski definition) is 3. The molecule has 0 aromatic heterocycles. The monoisotopic (exact) mass is 295 g/mol. The minimum Gasteiger partial charge on any atom is -0.375 e. The van der Waals surface area contributed by atoms with Crippen LogP contribution in [0.25, 0.3) is 0 Å². The first kappa shape index (κ1) is 16.0. The van der Waals surface area contributed by atoms with Crippen molar-refractivity contribution in [3.05, 3.63) is 0 Å². The summed E-state index contributed by atoms with van der Waals surface area (Å²) in [7, 11) is 0. The molecule has 20 heavy (non-hydrogen) atoms. The molecule has 6 heteroatoms. The van der Waals surface area contributed by atoms with Crippen molar-refractivity contribution in [2.75, 3.05) is 26.2 Å². The third kappa shape index (κ3) is 4.09. The van der Waals surface area contributed by atoms with Crippen molar-refractivity contribution in [3.63, 3.8) is 0 Å². The van der Waals surface area contributed by atoms with E-state index in [1.165, 1.54) is 0 Å². The predicted octanol–water partition coefficient (Wildman–Crippen LogP) is 2.99. The normalized spacial score (nSPS) is 35.9. The van der Waals surface area contributed by atoms with Crippen LogP contribution in [0.3, 0.4) is 0 Å². The summed E-state index contributed by atoms with van der Waals surface area (Å²) in [5, 5.41) is 0. The lowest BCUT2D eigenvalue weighted by atomic mass is 9.93. The molecule has 0 radical (unpaired) electrons. The van der Waals surface area contributed by atoms with Crippen LogP contribution in [0.5, 0.6) is 0 Å². The van der Waals surface area contributed by atoms with Gasteiger partial charge in [0.1, 0.15) is 5.60 Å². The van der Waals surface area contributed by atoms with E-state index >= 15 is 0 Å². The van der Waals surface area contributed by atoms with Gasteiger partial charge in [-0.1, -0.05) is 0 Å². The molecule has 0 unspecified atom stereocenters. The van der Waals surface area contributed by atoms with E-state index in [0.29, 0.717) is 19.6 Å². The molecule has 2 saturated heterocycles. The van der Waals surface area contributed by atoms with Crippen LogP contribution < -0.4 is 0 Å². The van der Waals surface area contributed by atoms with E-state index in [-0.39, 0.29) is 24.2 Å². The molecule has 0 aromatic carbocycles. The van der Waals surface area contributed by atoms with Crippen molar-refractivity contribution in [1.82, 2.24) is 4.90 Å². The molecule has 0 aromatic rings. The molecular weight excluding hydrogens is 271 g/mol. The summed E-state index contributed by atoms with van der Waals surface area (Å²) >= 11 is 0. The number of hydrogen-bond donors (Lipinski definition) is 0. The molecule has 3 nitrogen and oxygen atoms in total. The first-order valence-corrected chi connectivity index (χ1v) is 7.39. The number of nitrogens with zero attached hydrogens (tertiary/aromatic N) is 1. The number of ether oxygens (including phenoxy) is 2. The summed E-state index contributed by atoms with van der Waals surface area (Å²) < 4.78 is 48.1. The van der Waals surface area contributed by atoms with E-state index in [0.717, 1.165) is 19.5 Å². The fourth-order valence-electron chi connectivity index (χ4n) is 3.24. The number of rotatable bonds is 4. The zero-order valence-electron chi connectivity index (χ0n) is 12.2. The van der Waals surface area contributed by atoms with Crippen LogP contribution in [0.15, 0.2) is 0 Å². The van der Waals surface area contributed by atoms with Gasteiger partial charge in [0, 0.05) is 32.5 Å². The van der Waals surface area contributed by atoms with Gasteiger partial charge < -0.3 is 9.47 Å². The molecule has 2 heterocycles. The highest BCUT2D eigenvalue weighted by atomic mass is 19.4. The highest BCUT2D eigenvalue weighted by molar-refractivity contribution is 4.98. The van der Waals surface area contributed by atoms with Gasteiger partial charge in [-0.2, -0.15) is 13.2 Å². The highest BCUT2D eigenvalue weighted by Gasteiger charge is 2.47. The minimum atomic E-state index is -4.03. The predicted molar refractivity (Wildman–Crippen MR) is 69.7 cm³/mol. The Bertz CT molecular complexity index is 324. The third-order valence-electron chi connectivity index (χ3n) is 4.26. The Morgan fingerprint density at radius 1 is 1.25 bits per heavy atom. The van der Waals surface area contributed by atoms with Gasteiger partial charge in [0.2, 0.25) is 0 Å². The van der Waals surface area contributed by atoms with Crippen LogP contribution in [0.4, 0.5) is 13.2 Å². The van der Waals surface area contributed by atoms with Crippen LogP contribution in [0, 0.1) is 0 Å². The Hall–Kier alpha value is -0.330. The van der Waals surface area contributed by atoms with Gasteiger partial charge in [-0.25, -0.2) is 0 Å². The second-order valence-corrected chi connectivity index (χ2v) is 6.06. The van der Waals surface area contributed by atoms with E-state index in [2.05, 4.69) is 4.90 Å². The standard InChI is InChI=1S/C14H24F3NO2/c1-11-9-18(7-4-3-5-14(15,16)17)10-13(20-11)6-8-19-12(13)2/h11-12H,3-10H2,1-2H3/t11-,12-,13-/m1/s1. The summed E-state index contributed by atoms with van der Waals surface area (Å²) in [6.07, 6.45) is -2.90. The fourth-order valence-corrected chi connectivity index (χ4v) is 3.24. The summed E-state index contributed by atoms with van der Waals surface area (Å²) in [5.74, 6) is 0. The molecule has 0 bridgehead atoms. The van der Waals surface area contributed by atoms with Crippen molar-refractivity contribution in [1.29, 1.82) is 0 Å². The van der Waals surface area contributed by atoms with E-state index < -0.39 is 12.6 Å². The molecule has 0 saturated carbocycles. The van der Waals surface area contributed by atoms with Crippen molar-refractivity contribution in [3.8, 4) is 0 Å². The number of morpholine rings is 1. The van der Waals surface area contributed by atoms with Crippen LogP contribution in [0.1, 0.15) is 39.5 Å². The smallest absolute Gasteiger partial charge is 0.375 e. The van der Waals surface area contributed by atoms with Crippen molar-refractivity contribution >= 4 is 0 Å². The maximum atomic E-state index is 12.1. The molecule has 2 rings (SSSR count). The number of halogens is 3. The van der Waals surface area contributed by atoms with Crippen LogP contribution in [0.2, 0.25) is 0 Å². The maximum absolute atomic E-state index is 12.1. The maximum Gasteiger partial charge on any atom is 0.389 e. The Labute approximate surface area is 118 Å². The van der Waals surface area contributed by atoms with Crippen LogP contribution in [-0.4, -0.2) is 55.1 Å². The first-order valence-electron chi connectivity index (χ1n) is 7.39. The summed E-state index contributed by atoms with van der Waals surface area (Å²) in [6, 6.07) is 0. The number of unbranched alkanes of at least 4 members (excludes halogenated alkanes) is 1. The second-order valence-electron chi connectivity index (χ2n) is 6.06. The Kier molecular flexibility index (Phi) is 4.97. The molecule has 0 amide bonds. The van der Waals surface area contributed by atoms with Crippen molar-refractivity contribution in [2.45, 2.75) is 63.5 Å². The molecular formula is C14H24F3NO2. The topological polar surface area (TPSA) is 21.7 Å². The zero-order valence-corrected chi connectivity index (χ0v) is 12.2. The lowest BCUT2D eigenvalue weighted by molar-refractivity contribution is -0.169. The van der Waals surface area contributed by atoms with Gasteiger partial charge in [-0.3, -0.25) is 4.90 Å². The average molecular weight is 295 g/mol. The molecule has 1 spiro atoms. The molecule has 2 aliphatic heterocycles. The Balaban J connectivity index is 1.80. The van der Waals surface area contributed by atoms with Gasteiger partial charge in [0.25, 0.3) is 0 Å². The van der Waals surface area contributed by atoms with Gasteiger partial charge in [-0.15, -0.1) is 0 Å². The summed E-state index contributed by atoms with van der Waals surface area (Å²) in [5.41, 5.74) is -0.262. The van der Waals surface area contributed by atoms with Crippen LogP contribution in [-0.2, 0) is 9.47 Å². The van der Waals surface area contributed by atoms with Gasteiger partial charge in [0.15, 0.2) is 0 Å². The lowest BCUT2D eigenvalue weighted by Gasteiger charge is -2.45. The summed E-state index contributed by atoms with van der Waals surface area (Å²) in [6.45, 7) is 7.01. The van der Waals surface area contributed by atoms with E-state index in [1.54, 1.807) is 0 Å². The largest absolute Gasteiger partial charge is 0.389 e. The van der Waals surface area contributed by atoms with Crippen molar-refractivity contribution in [2.24, 2.45) is 0 Å². The molecule has 2 aliphatic rings. The van der Waals surface area contributed by atoms with E-state index in [1.807, 2.05) is 13.8 Å². The SMILES string of the molecule is C[C@@H]1CN(CCCCC(F)(F)F)C[C@@]2(CCO[C@@H]2C)O1. The Morgan fingerprint density at radius 2 is 2.00 bits per heavy atom.